The van der Waals surface area contributed by atoms with Crippen molar-refractivity contribution in [3.8, 4) is 5.75 Å². The van der Waals surface area contributed by atoms with Gasteiger partial charge in [0.2, 0.25) is 0 Å². The molecule has 1 aromatic rings. The highest BCUT2D eigenvalue weighted by molar-refractivity contribution is 6.08. The number of hydrogen-bond donors (Lipinski definition) is 1. The zero-order valence-corrected chi connectivity index (χ0v) is 13.8. The molecule has 0 spiro atoms. The quantitative estimate of drug-likeness (QED) is 0.866. The molecule has 1 N–H and O–H groups in total. The van der Waals surface area contributed by atoms with E-state index in [2.05, 4.69) is 0 Å². The maximum absolute atomic E-state index is 12.5. The van der Waals surface area contributed by atoms with E-state index in [9.17, 15) is 9.59 Å². The third kappa shape index (κ3) is 3.44. The number of hydrogen-bond acceptors (Lipinski definition) is 3. The van der Waals surface area contributed by atoms with Gasteiger partial charge in [0.25, 0.3) is 5.91 Å². The predicted molar refractivity (Wildman–Crippen MR) is 89.6 cm³/mol. The maximum atomic E-state index is 12.5. The zero-order chi connectivity index (χ0) is 17.2. The number of carbonyl (C=O) groups is 2. The lowest BCUT2D eigenvalue weighted by atomic mass is 9.88. The maximum Gasteiger partial charge on any atom is 0.328 e. The van der Waals surface area contributed by atoms with Crippen LogP contribution in [0.5, 0.6) is 5.75 Å². The van der Waals surface area contributed by atoms with Gasteiger partial charge in [-0.2, -0.15) is 0 Å². The third-order valence-electron chi connectivity index (χ3n) is 3.68. The minimum absolute atomic E-state index is 0.369. The van der Waals surface area contributed by atoms with Crippen LogP contribution in [0.3, 0.4) is 0 Å². The van der Waals surface area contributed by atoms with Crippen LogP contribution in [0.2, 0.25) is 0 Å². The monoisotopic (exact) mass is 315 g/mol. The molecular weight excluding hydrogens is 294 g/mol. The SMILES string of the molecule is CCOc1ccc2c(c1)C(C)=CC(C)(C)N2C(=O)/C=C/C(=O)O. The van der Waals surface area contributed by atoms with Crippen molar-refractivity contribution < 1.29 is 19.4 Å². The minimum Gasteiger partial charge on any atom is -0.494 e. The molecule has 5 heteroatoms. The summed E-state index contributed by atoms with van der Waals surface area (Å²) in [4.78, 5) is 24.8. The van der Waals surface area contributed by atoms with Gasteiger partial charge in [-0.25, -0.2) is 4.79 Å². The molecule has 0 atom stereocenters. The van der Waals surface area contributed by atoms with Crippen LogP contribution in [0.4, 0.5) is 5.69 Å². The zero-order valence-electron chi connectivity index (χ0n) is 13.8. The number of aliphatic carboxylic acids is 1. The van der Waals surface area contributed by atoms with Crippen molar-refractivity contribution in [3.63, 3.8) is 0 Å². The molecule has 122 valence electrons. The molecule has 1 aromatic carbocycles. The molecule has 0 aliphatic carbocycles. The second kappa shape index (κ2) is 6.28. The van der Waals surface area contributed by atoms with Gasteiger partial charge >= 0.3 is 5.97 Å². The Balaban J connectivity index is 2.51. The van der Waals surface area contributed by atoms with E-state index in [4.69, 9.17) is 9.84 Å². The second-order valence-corrected chi connectivity index (χ2v) is 5.94. The van der Waals surface area contributed by atoms with Crippen LogP contribution in [-0.2, 0) is 9.59 Å². The number of benzene rings is 1. The van der Waals surface area contributed by atoms with Gasteiger partial charge in [0.15, 0.2) is 0 Å². The third-order valence-corrected chi connectivity index (χ3v) is 3.68. The van der Waals surface area contributed by atoms with Crippen molar-refractivity contribution >= 4 is 23.1 Å². The van der Waals surface area contributed by atoms with Crippen molar-refractivity contribution in [2.45, 2.75) is 33.2 Å². The molecule has 0 aromatic heterocycles. The fourth-order valence-corrected chi connectivity index (χ4v) is 2.88. The predicted octanol–water partition coefficient (Wildman–Crippen LogP) is 3.25. The smallest absolute Gasteiger partial charge is 0.328 e. The Morgan fingerprint density at radius 2 is 2.00 bits per heavy atom. The van der Waals surface area contributed by atoms with Gasteiger partial charge in [-0.3, -0.25) is 9.69 Å². The Morgan fingerprint density at radius 3 is 2.61 bits per heavy atom. The van der Waals surface area contributed by atoms with E-state index in [1.165, 1.54) is 0 Å². The molecular formula is C18H21NO4. The average molecular weight is 315 g/mol. The van der Waals surface area contributed by atoms with Gasteiger partial charge in [-0.05, 0) is 51.5 Å². The summed E-state index contributed by atoms with van der Waals surface area (Å²) in [6.45, 7) is 8.31. The normalized spacial score (nSPS) is 16.0. The number of amides is 1. The van der Waals surface area contributed by atoms with Crippen molar-refractivity contribution in [2.75, 3.05) is 11.5 Å². The van der Waals surface area contributed by atoms with Crippen LogP contribution in [0.15, 0.2) is 36.4 Å². The number of carboxylic acids is 1. The summed E-state index contributed by atoms with van der Waals surface area (Å²) in [5.41, 5.74) is 2.16. The molecule has 5 nitrogen and oxygen atoms in total. The lowest BCUT2D eigenvalue weighted by Gasteiger charge is -2.41. The van der Waals surface area contributed by atoms with Gasteiger partial charge < -0.3 is 9.84 Å². The number of anilines is 1. The van der Waals surface area contributed by atoms with E-state index in [0.29, 0.717) is 6.61 Å². The molecule has 1 amide bonds. The second-order valence-electron chi connectivity index (χ2n) is 5.94. The summed E-state index contributed by atoms with van der Waals surface area (Å²) >= 11 is 0. The first-order valence-corrected chi connectivity index (χ1v) is 7.48. The van der Waals surface area contributed by atoms with E-state index < -0.39 is 11.5 Å². The summed E-state index contributed by atoms with van der Waals surface area (Å²) in [5, 5.41) is 8.74. The summed E-state index contributed by atoms with van der Waals surface area (Å²) < 4.78 is 5.52. The van der Waals surface area contributed by atoms with Gasteiger partial charge in [0.05, 0.1) is 17.8 Å². The van der Waals surface area contributed by atoms with Crippen LogP contribution in [0.1, 0.15) is 33.3 Å². The Labute approximate surface area is 135 Å². The Bertz CT molecular complexity index is 701. The number of carbonyl (C=O) groups excluding carboxylic acids is 1. The first kappa shape index (κ1) is 16.8. The minimum atomic E-state index is -1.15. The van der Waals surface area contributed by atoms with E-state index in [1.807, 2.05) is 52.0 Å². The Morgan fingerprint density at radius 1 is 1.30 bits per heavy atom. The van der Waals surface area contributed by atoms with E-state index in [0.717, 1.165) is 34.7 Å². The van der Waals surface area contributed by atoms with E-state index >= 15 is 0 Å². The van der Waals surface area contributed by atoms with Gasteiger partial charge in [0, 0.05) is 17.7 Å². The molecule has 2 rings (SSSR count). The number of nitrogens with zero attached hydrogens (tertiary/aromatic N) is 1. The number of ether oxygens (including phenoxy) is 1. The first-order chi connectivity index (χ1) is 10.8. The number of carboxylic acid groups (broad SMARTS) is 1. The van der Waals surface area contributed by atoms with Crippen LogP contribution >= 0.6 is 0 Å². The molecule has 0 bridgehead atoms. The lowest BCUT2D eigenvalue weighted by Crippen LogP contribution is -2.48. The summed E-state index contributed by atoms with van der Waals surface area (Å²) in [6, 6.07) is 5.56. The van der Waals surface area contributed by atoms with Crippen molar-refractivity contribution in [1.82, 2.24) is 0 Å². The standard InChI is InChI=1S/C18H21NO4/c1-5-23-13-6-7-15-14(10-13)12(2)11-18(3,4)19(15)16(20)8-9-17(21)22/h6-11H,5H2,1-4H3,(H,21,22)/b9-8+. The molecule has 0 unspecified atom stereocenters. The van der Waals surface area contributed by atoms with Crippen LogP contribution in [-0.4, -0.2) is 29.1 Å². The highest BCUT2D eigenvalue weighted by Gasteiger charge is 2.35. The van der Waals surface area contributed by atoms with Gasteiger partial charge in [0.1, 0.15) is 5.75 Å². The van der Waals surface area contributed by atoms with Crippen molar-refractivity contribution in [3.05, 3.63) is 42.0 Å². The van der Waals surface area contributed by atoms with Crippen LogP contribution in [0.25, 0.3) is 5.57 Å². The Hall–Kier alpha value is -2.56. The van der Waals surface area contributed by atoms with E-state index in [-0.39, 0.29) is 5.91 Å². The topological polar surface area (TPSA) is 66.8 Å². The summed E-state index contributed by atoms with van der Waals surface area (Å²) in [7, 11) is 0. The lowest BCUT2D eigenvalue weighted by molar-refractivity contribution is -0.131. The van der Waals surface area contributed by atoms with E-state index in [1.54, 1.807) is 4.90 Å². The number of fused-ring (bicyclic) bond motifs is 1. The largest absolute Gasteiger partial charge is 0.494 e. The number of allylic oxidation sites excluding steroid dienone is 1. The molecule has 1 aliphatic heterocycles. The van der Waals surface area contributed by atoms with Crippen LogP contribution in [0, 0.1) is 0 Å². The molecule has 0 fully saturated rings. The molecule has 0 saturated heterocycles. The van der Waals surface area contributed by atoms with Crippen LogP contribution < -0.4 is 9.64 Å². The fraction of sp³-hybridized carbons (Fsp3) is 0.333. The average Bonchev–Trinajstić information content (AvgIpc) is 2.45. The highest BCUT2D eigenvalue weighted by atomic mass is 16.5. The highest BCUT2D eigenvalue weighted by Crippen LogP contribution is 2.40. The van der Waals surface area contributed by atoms with Crippen molar-refractivity contribution in [1.29, 1.82) is 0 Å². The Kier molecular flexibility index (Phi) is 4.59. The van der Waals surface area contributed by atoms with Gasteiger partial charge in [-0.1, -0.05) is 6.08 Å². The summed E-state index contributed by atoms with van der Waals surface area (Å²) in [5.74, 6) is -0.773. The summed E-state index contributed by atoms with van der Waals surface area (Å²) in [6.07, 6.45) is 3.94. The molecule has 0 radical (unpaired) electrons. The molecule has 0 saturated carbocycles. The molecule has 1 heterocycles. The number of rotatable bonds is 4. The van der Waals surface area contributed by atoms with Crippen molar-refractivity contribution in [2.24, 2.45) is 0 Å². The molecule has 23 heavy (non-hydrogen) atoms. The first-order valence-electron chi connectivity index (χ1n) is 7.48. The fourth-order valence-electron chi connectivity index (χ4n) is 2.88. The molecule has 1 aliphatic rings. The van der Waals surface area contributed by atoms with Gasteiger partial charge in [-0.15, -0.1) is 0 Å².